The normalized spacial score (nSPS) is 9.94. The molecule has 5 nitrogen and oxygen atoms in total. The monoisotopic (exact) mass is 213 g/mol. The number of nitriles is 1. The first-order valence-electron chi connectivity index (χ1n) is 4.49. The summed E-state index contributed by atoms with van der Waals surface area (Å²) in [5.74, 6) is -0.691. The molecule has 0 bridgehead atoms. The molecule has 1 heterocycles. The summed E-state index contributed by atoms with van der Waals surface area (Å²) in [7, 11) is 0. The molecule has 0 saturated carbocycles. The fourth-order valence-electron chi connectivity index (χ4n) is 1.46. The van der Waals surface area contributed by atoms with E-state index in [4.69, 9.17) is 11.0 Å². The van der Waals surface area contributed by atoms with Gasteiger partial charge in [0.1, 0.15) is 5.69 Å². The number of H-pyrrole nitrogens is 1. The molecule has 1 aromatic carbocycles. The molecule has 0 atom stereocenters. The lowest BCUT2D eigenvalue weighted by atomic mass is 10.1. The SMILES string of the molecule is N#Cc1ccc2cc(C(N)=O)[nH]c(=O)c2c1. The van der Waals surface area contributed by atoms with Gasteiger partial charge in [0, 0.05) is 5.39 Å². The van der Waals surface area contributed by atoms with Gasteiger partial charge >= 0.3 is 0 Å². The van der Waals surface area contributed by atoms with Gasteiger partial charge in [-0.3, -0.25) is 9.59 Å². The molecule has 0 saturated heterocycles. The molecule has 0 radical (unpaired) electrons. The molecule has 1 amide bonds. The molecule has 0 fully saturated rings. The lowest BCUT2D eigenvalue weighted by molar-refractivity contribution is 0.0995. The highest BCUT2D eigenvalue weighted by atomic mass is 16.1. The summed E-state index contributed by atoms with van der Waals surface area (Å²) in [5, 5.41) is 9.64. The van der Waals surface area contributed by atoms with Crippen LogP contribution in [0.3, 0.4) is 0 Å². The Hall–Kier alpha value is -2.61. The lowest BCUT2D eigenvalue weighted by Gasteiger charge is -2.00. The van der Waals surface area contributed by atoms with Crippen LogP contribution in [-0.4, -0.2) is 10.9 Å². The predicted octanol–water partition coefficient (Wildman–Crippen LogP) is 0.499. The molecular weight excluding hydrogens is 206 g/mol. The van der Waals surface area contributed by atoms with Crippen molar-refractivity contribution in [2.75, 3.05) is 0 Å². The van der Waals surface area contributed by atoms with Gasteiger partial charge in [-0.15, -0.1) is 0 Å². The first kappa shape index (κ1) is 9.93. The number of rotatable bonds is 1. The summed E-state index contributed by atoms with van der Waals surface area (Å²) >= 11 is 0. The number of pyridine rings is 1. The van der Waals surface area contributed by atoms with Crippen molar-refractivity contribution in [1.82, 2.24) is 4.98 Å². The summed E-state index contributed by atoms with van der Waals surface area (Å²) in [6.45, 7) is 0. The minimum absolute atomic E-state index is 0.0576. The number of aromatic amines is 1. The Morgan fingerprint density at radius 3 is 2.75 bits per heavy atom. The smallest absolute Gasteiger partial charge is 0.265 e. The van der Waals surface area contributed by atoms with Crippen molar-refractivity contribution in [2.45, 2.75) is 0 Å². The van der Waals surface area contributed by atoms with Gasteiger partial charge in [-0.2, -0.15) is 5.26 Å². The first-order chi connectivity index (χ1) is 7.61. The summed E-state index contributed by atoms with van der Waals surface area (Å²) in [5.41, 5.74) is 5.09. The number of nitrogens with zero attached hydrogens (tertiary/aromatic N) is 1. The molecule has 0 spiro atoms. The molecule has 3 N–H and O–H groups in total. The van der Waals surface area contributed by atoms with Crippen LogP contribution in [0.4, 0.5) is 0 Å². The number of primary amides is 1. The quantitative estimate of drug-likeness (QED) is 0.721. The van der Waals surface area contributed by atoms with E-state index in [1.54, 1.807) is 12.1 Å². The van der Waals surface area contributed by atoms with Crippen molar-refractivity contribution < 1.29 is 4.79 Å². The van der Waals surface area contributed by atoms with E-state index in [9.17, 15) is 9.59 Å². The topological polar surface area (TPSA) is 99.7 Å². The molecular formula is C11H7N3O2. The van der Waals surface area contributed by atoms with Crippen molar-refractivity contribution in [3.8, 4) is 6.07 Å². The van der Waals surface area contributed by atoms with Gasteiger partial charge in [0.2, 0.25) is 0 Å². The van der Waals surface area contributed by atoms with Crippen LogP contribution in [0.1, 0.15) is 16.1 Å². The fourth-order valence-corrected chi connectivity index (χ4v) is 1.46. The molecule has 5 heteroatoms. The van der Waals surface area contributed by atoms with E-state index in [0.29, 0.717) is 16.3 Å². The minimum Gasteiger partial charge on any atom is -0.364 e. The second-order valence-corrected chi connectivity index (χ2v) is 3.29. The van der Waals surface area contributed by atoms with Crippen molar-refractivity contribution in [1.29, 1.82) is 5.26 Å². The Labute approximate surface area is 90.1 Å². The molecule has 0 aliphatic carbocycles. The largest absolute Gasteiger partial charge is 0.364 e. The van der Waals surface area contributed by atoms with Crippen molar-refractivity contribution in [3.63, 3.8) is 0 Å². The number of nitrogens with one attached hydrogen (secondary N) is 1. The van der Waals surface area contributed by atoms with E-state index in [0.717, 1.165) is 0 Å². The van der Waals surface area contributed by atoms with E-state index in [2.05, 4.69) is 4.98 Å². The number of hydrogen-bond donors (Lipinski definition) is 2. The van der Waals surface area contributed by atoms with Crippen LogP contribution in [0.2, 0.25) is 0 Å². The van der Waals surface area contributed by atoms with E-state index in [1.807, 2.05) is 6.07 Å². The molecule has 0 aliphatic heterocycles. The van der Waals surface area contributed by atoms with Crippen LogP contribution >= 0.6 is 0 Å². The predicted molar refractivity (Wildman–Crippen MR) is 57.8 cm³/mol. The van der Waals surface area contributed by atoms with Gasteiger partial charge in [-0.05, 0) is 23.6 Å². The van der Waals surface area contributed by atoms with Crippen LogP contribution in [0.25, 0.3) is 10.8 Å². The van der Waals surface area contributed by atoms with Gasteiger partial charge in [0.05, 0.1) is 11.6 Å². The number of hydrogen-bond acceptors (Lipinski definition) is 3. The zero-order chi connectivity index (χ0) is 11.7. The van der Waals surface area contributed by atoms with Gasteiger partial charge < -0.3 is 10.7 Å². The van der Waals surface area contributed by atoms with Crippen LogP contribution in [0.15, 0.2) is 29.1 Å². The van der Waals surface area contributed by atoms with Crippen LogP contribution in [0, 0.1) is 11.3 Å². The molecule has 1 aromatic heterocycles. The number of fused-ring (bicyclic) bond motifs is 1. The number of nitrogens with two attached hydrogens (primary N) is 1. The summed E-state index contributed by atoms with van der Waals surface area (Å²) in [6, 6.07) is 8.08. The van der Waals surface area contributed by atoms with Crippen molar-refractivity contribution in [3.05, 3.63) is 45.9 Å². The summed E-state index contributed by atoms with van der Waals surface area (Å²) in [6.07, 6.45) is 0. The van der Waals surface area contributed by atoms with Gasteiger partial charge in [0.25, 0.3) is 11.5 Å². The van der Waals surface area contributed by atoms with Gasteiger partial charge in [-0.25, -0.2) is 0 Å². The Kier molecular flexibility index (Phi) is 2.18. The zero-order valence-corrected chi connectivity index (χ0v) is 8.15. The number of carbonyl (C=O) groups excluding carboxylic acids is 1. The van der Waals surface area contributed by atoms with Crippen LogP contribution < -0.4 is 11.3 Å². The number of amides is 1. The lowest BCUT2D eigenvalue weighted by Crippen LogP contribution is -2.18. The maximum Gasteiger partial charge on any atom is 0.265 e. The Morgan fingerprint density at radius 1 is 1.38 bits per heavy atom. The van der Waals surface area contributed by atoms with Crippen LogP contribution in [0.5, 0.6) is 0 Å². The number of aromatic nitrogens is 1. The summed E-state index contributed by atoms with van der Waals surface area (Å²) < 4.78 is 0. The highest BCUT2D eigenvalue weighted by Crippen LogP contribution is 2.12. The third-order valence-corrected chi connectivity index (χ3v) is 2.24. The first-order valence-corrected chi connectivity index (χ1v) is 4.49. The molecule has 0 unspecified atom stereocenters. The highest BCUT2D eigenvalue weighted by molar-refractivity contribution is 5.95. The number of benzene rings is 1. The zero-order valence-electron chi connectivity index (χ0n) is 8.15. The minimum atomic E-state index is -0.691. The molecule has 78 valence electrons. The maximum atomic E-state index is 11.6. The second-order valence-electron chi connectivity index (χ2n) is 3.29. The average molecular weight is 213 g/mol. The highest BCUT2D eigenvalue weighted by Gasteiger charge is 2.06. The Balaban J connectivity index is 2.83. The maximum absolute atomic E-state index is 11.6. The van der Waals surface area contributed by atoms with Crippen molar-refractivity contribution in [2.24, 2.45) is 5.73 Å². The fraction of sp³-hybridized carbons (Fsp3) is 0. The molecule has 2 rings (SSSR count). The van der Waals surface area contributed by atoms with Gasteiger partial charge in [0.15, 0.2) is 0 Å². The summed E-state index contributed by atoms with van der Waals surface area (Å²) in [4.78, 5) is 24.9. The molecule has 0 aliphatic rings. The average Bonchev–Trinajstić information content (AvgIpc) is 2.28. The van der Waals surface area contributed by atoms with E-state index < -0.39 is 11.5 Å². The van der Waals surface area contributed by atoms with Crippen molar-refractivity contribution >= 4 is 16.7 Å². The third kappa shape index (κ3) is 1.53. The third-order valence-electron chi connectivity index (χ3n) is 2.24. The van der Waals surface area contributed by atoms with Gasteiger partial charge in [-0.1, -0.05) is 6.07 Å². The molecule has 2 aromatic rings. The number of carbonyl (C=O) groups is 1. The van der Waals surface area contributed by atoms with E-state index in [1.165, 1.54) is 12.1 Å². The second kappa shape index (κ2) is 3.51. The van der Waals surface area contributed by atoms with E-state index in [-0.39, 0.29) is 5.69 Å². The molecule has 16 heavy (non-hydrogen) atoms. The Bertz CT molecular complexity index is 680. The standard InChI is InChI=1S/C11H7N3O2/c12-5-6-1-2-7-4-9(10(13)15)14-11(16)8(7)3-6/h1-4H,(H2,13,15)(H,14,16). The van der Waals surface area contributed by atoms with E-state index >= 15 is 0 Å². The Morgan fingerprint density at radius 2 is 2.12 bits per heavy atom. The van der Waals surface area contributed by atoms with Crippen LogP contribution in [-0.2, 0) is 0 Å².